The van der Waals surface area contributed by atoms with E-state index in [1.165, 1.54) is 4.68 Å². The lowest BCUT2D eigenvalue weighted by Crippen LogP contribution is -2.23. The molecule has 0 aliphatic heterocycles. The van der Waals surface area contributed by atoms with Crippen LogP contribution in [0.5, 0.6) is 0 Å². The second-order valence-electron chi connectivity index (χ2n) is 8.88. The number of anilines is 1. The molecule has 0 N–H and O–H groups in total. The van der Waals surface area contributed by atoms with Crippen molar-refractivity contribution in [1.29, 1.82) is 0 Å². The van der Waals surface area contributed by atoms with E-state index in [2.05, 4.69) is 88.5 Å². The lowest BCUT2D eigenvalue weighted by atomic mass is 10.1. The molecule has 0 aliphatic carbocycles. The van der Waals surface area contributed by atoms with E-state index in [1.54, 1.807) is 12.3 Å². The molecule has 176 valence electrons. The molecule has 7 heteroatoms. The van der Waals surface area contributed by atoms with Gasteiger partial charge in [-0.15, -0.1) is 0 Å². The first-order valence-corrected chi connectivity index (χ1v) is 12.2. The summed E-state index contributed by atoms with van der Waals surface area (Å²) in [5, 5.41) is 5.20. The van der Waals surface area contributed by atoms with Crippen LogP contribution in [0, 0.1) is 13.8 Å². The molecule has 0 amide bonds. The van der Waals surface area contributed by atoms with Gasteiger partial charge in [-0.3, -0.25) is 4.79 Å². The van der Waals surface area contributed by atoms with Gasteiger partial charge in [0.25, 0.3) is 5.56 Å². The topological polar surface area (TPSA) is 55.4 Å². The highest BCUT2D eigenvalue weighted by Gasteiger charge is 2.16. The number of aromatic nitrogens is 3. The van der Waals surface area contributed by atoms with Crippen LogP contribution >= 0.6 is 15.9 Å². The van der Waals surface area contributed by atoms with Crippen LogP contribution in [-0.2, 0) is 0 Å². The van der Waals surface area contributed by atoms with Crippen LogP contribution in [0.4, 0.5) is 5.69 Å². The molecule has 6 nitrogen and oxygen atoms in total. The number of nitrogens with zero attached hydrogens (tertiary/aromatic N) is 5. The Bertz CT molecular complexity index is 1430. The summed E-state index contributed by atoms with van der Waals surface area (Å²) in [6.45, 7) is 8.31. The summed E-state index contributed by atoms with van der Waals surface area (Å²) >= 11 is 3.46. The van der Waals surface area contributed by atoms with Gasteiger partial charge in [-0.25, -0.2) is 4.98 Å². The van der Waals surface area contributed by atoms with Crippen molar-refractivity contribution in [1.82, 2.24) is 14.2 Å². The SMILES string of the molecule is CC[C@H](C)c1nc2ccc(Br)cc2c(=O)n1N=Cc1cc(C)n(-c2ccc(N(C)C)cc2)c1C. The highest BCUT2D eigenvalue weighted by atomic mass is 79.9. The normalized spacial score (nSPS) is 12.6. The third-order valence-electron chi connectivity index (χ3n) is 6.29. The van der Waals surface area contributed by atoms with Crippen LogP contribution in [0.3, 0.4) is 0 Å². The van der Waals surface area contributed by atoms with Gasteiger partial charge in [0.1, 0.15) is 5.82 Å². The van der Waals surface area contributed by atoms with Crippen molar-refractivity contribution in [3.63, 3.8) is 0 Å². The first-order chi connectivity index (χ1) is 16.2. The quantitative estimate of drug-likeness (QED) is 0.292. The molecule has 0 saturated carbocycles. The summed E-state index contributed by atoms with van der Waals surface area (Å²) in [6, 6.07) is 16.1. The van der Waals surface area contributed by atoms with Gasteiger partial charge >= 0.3 is 0 Å². The molecule has 4 rings (SSSR count). The van der Waals surface area contributed by atoms with Crippen LogP contribution in [0.2, 0.25) is 0 Å². The molecule has 1 atom stereocenters. The summed E-state index contributed by atoms with van der Waals surface area (Å²) in [7, 11) is 4.07. The molecule has 2 aromatic carbocycles. The number of hydrogen-bond donors (Lipinski definition) is 0. The Morgan fingerprint density at radius 3 is 2.47 bits per heavy atom. The van der Waals surface area contributed by atoms with Gasteiger partial charge in [-0.1, -0.05) is 29.8 Å². The molecular formula is C27H30BrN5O. The molecule has 2 heterocycles. The zero-order valence-corrected chi connectivity index (χ0v) is 22.1. The molecule has 2 aromatic heterocycles. The van der Waals surface area contributed by atoms with Crippen molar-refractivity contribution >= 4 is 38.7 Å². The van der Waals surface area contributed by atoms with Gasteiger partial charge < -0.3 is 9.47 Å². The molecule has 0 fully saturated rings. The molecule has 0 bridgehead atoms. The second-order valence-corrected chi connectivity index (χ2v) is 9.79. The van der Waals surface area contributed by atoms with Crippen molar-refractivity contribution < 1.29 is 0 Å². The Balaban J connectivity index is 1.80. The average Bonchev–Trinajstić information content (AvgIpc) is 3.11. The molecular weight excluding hydrogens is 490 g/mol. The predicted octanol–water partition coefficient (Wildman–Crippen LogP) is 6.03. The second kappa shape index (κ2) is 9.58. The van der Waals surface area contributed by atoms with E-state index in [0.717, 1.165) is 39.2 Å². The monoisotopic (exact) mass is 519 g/mol. The van der Waals surface area contributed by atoms with Crippen LogP contribution in [0.15, 0.2) is 62.9 Å². The Kier molecular flexibility index (Phi) is 6.75. The molecule has 0 unspecified atom stereocenters. The Labute approximate surface area is 208 Å². The van der Waals surface area contributed by atoms with E-state index in [0.29, 0.717) is 16.7 Å². The zero-order valence-electron chi connectivity index (χ0n) is 20.5. The first-order valence-electron chi connectivity index (χ1n) is 11.4. The zero-order chi connectivity index (χ0) is 24.6. The maximum absolute atomic E-state index is 13.4. The number of hydrogen-bond acceptors (Lipinski definition) is 4. The summed E-state index contributed by atoms with van der Waals surface area (Å²) in [4.78, 5) is 20.3. The smallest absolute Gasteiger partial charge is 0.282 e. The number of halogens is 1. The van der Waals surface area contributed by atoms with E-state index in [1.807, 2.05) is 26.2 Å². The molecule has 34 heavy (non-hydrogen) atoms. The van der Waals surface area contributed by atoms with Gasteiger partial charge in [0.2, 0.25) is 0 Å². The highest BCUT2D eigenvalue weighted by Crippen LogP contribution is 2.23. The number of rotatable bonds is 6. The van der Waals surface area contributed by atoms with Gasteiger partial charge in [-0.05, 0) is 68.8 Å². The van der Waals surface area contributed by atoms with E-state index in [-0.39, 0.29) is 11.5 Å². The van der Waals surface area contributed by atoms with E-state index >= 15 is 0 Å². The third-order valence-corrected chi connectivity index (χ3v) is 6.79. The predicted molar refractivity (Wildman–Crippen MR) is 145 cm³/mol. The maximum Gasteiger partial charge on any atom is 0.282 e. The maximum atomic E-state index is 13.4. The van der Waals surface area contributed by atoms with Crippen LogP contribution in [0.25, 0.3) is 16.6 Å². The van der Waals surface area contributed by atoms with Crippen LogP contribution < -0.4 is 10.5 Å². The minimum absolute atomic E-state index is 0.0977. The lowest BCUT2D eigenvalue weighted by molar-refractivity contribution is 0.613. The number of benzene rings is 2. The first kappa shape index (κ1) is 24.0. The summed E-state index contributed by atoms with van der Waals surface area (Å²) < 4.78 is 4.50. The summed E-state index contributed by atoms with van der Waals surface area (Å²) in [5.41, 5.74) is 5.90. The largest absolute Gasteiger partial charge is 0.378 e. The van der Waals surface area contributed by atoms with E-state index in [4.69, 9.17) is 4.98 Å². The van der Waals surface area contributed by atoms with Crippen molar-refractivity contribution in [2.75, 3.05) is 19.0 Å². The fourth-order valence-electron chi connectivity index (χ4n) is 4.11. The van der Waals surface area contributed by atoms with Gasteiger partial charge in [0.05, 0.1) is 17.1 Å². The van der Waals surface area contributed by atoms with Crippen molar-refractivity contribution in [3.05, 3.63) is 86.1 Å². The lowest BCUT2D eigenvalue weighted by Gasteiger charge is -2.15. The Hall–Kier alpha value is -3.19. The molecule has 0 aliphatic rings. The van der Waals surface area contributed by atoms with Crippen molar-refractivity contribution in [3.8, 4) is 5.69 Å². The third kappa shape index (κ3) is 4.44. The summed E-state index contributed by atoms with van der Waals surface area (Å²) in [5.74, 6) is 0.771. The molecule has 0 radical (unpaired) electrons. The van der Waals surface area contributed by atoms with Crippen LogP contribution in [-0.4, -0.2) is 34.5 Å². The molecule has 0 spiro atoms. The number of fused-ring (bicyclic) bond motifs is 1. The van der Waals surface area contributed by atoms with Crippen molar-refractivity contribution in [2.24, 2.45) is 5.10 Å². The fraction of sp³-hybridized carbons (Fsp3) is 0.296. The average molecular weight is 520 g/mol. The summed E-state index contributed by atoms with van der Waals surface area (Å²) in [6.07, 6.45) is 2.63. The Morgan fingerprint density at radius 1 is 1.12 bits per heavy atom. The highest BCUT2D eigenvalue weighted by molar-refractivity contribution is 9.10. The molecule has 0 saturated heterocycles. The van der Waals surface area contributed by atoms with Crippen LogP contribution in [0.1, 0.15) is 49.0 Å². The van der Waals surface area contributed by atoms with E-state index < -0.39 is 0 Å². The van der Waals surface area contributed by atoms with Gasteiger partial charge in [0.15, 0.2) is 0 Å². The minimum atomic E-state index is -0.161. The Morgan fingerprint density at radius 2 is 1.82 bits per heavy atom. The standard InChI is InChI=1S/C27H30BrN5O/c1-7-17(2)26-30-25-13-8-21(28)15-24(25)27(34)33(26)29-16-20-14-18(3)32(19(20)4)23-11-9-22(10-12-23)31(5)6/h8-17H,7H2,1-6H3/t17-/m0/s1. The van der Waals surface area contributed by atoms with Crippen molar-refractivity contribution in [2.45, 2.75) is 40.0 Å². The van der Waals surface area contributed by atoms with Gasteiger partial charge in [0, 0.05) is 52.8 Å². The van der Waals surface area contributed by atoms with E-state index in [9.17, 15) is 4.79 Å². The minimum Gasteiger partial charge on any atom is -0.378 e. The fourth-order valence-corrected chi connectivity index (χ4v) is 4.48. The molecule has 4 aromatic rings. The van der Waals surface area contributed by atoms with Gasteiger partial charge in [-0.2, -0.15) is 9.78 Å². The number of aryl methyl sites for hydroxylation is 1.